The third-order valence-electron chi connectivity index (χ3n) is 7.12. The van der Waals surface area contributed by atoms with Crippen LogP contribution in [-0.2, 0) is 18.3 Å². The molecule has 5 aromatic rings. The molecule has 39 heavy (non-hydrogen) atoms. The second-order valence-electron chi connectivity index (χ2n) is 10.4. The van der Waals surface area contributed by atoms with E-state index >= 15 is 0 Å². The highest BCUT2D eigenvalue weighted by Crippen LogP contribution is 2.34. The lowest BCUT2D eigenvalue weighted by molar-refractivity contribution is 0.481. The van der Waals surface area contributed by atoms with Crippen LogP contribution >= 0.6 is 0 Å². The van der Waals surface area contributed by atoms with Gasteiger partial charge in [-0.2, -0.15) is 10.2 Å². The smallest absolute Gasteiger partial charge is 0.127 e. The van der Waals surface area contributed by atoms with Gasteiger partial charge in [-0.25, -0.2) is 0 Å². The van der Waals surface area contributed by atoms with Crippen molar-refractivity contribution >= 4 is 0 Å². The summed E-state index contributed by atoms with van der Waals surface area (Å²) >= 11 is 0. The van der Waals surface area contributed by atoms with Gasteiger partial charge >= 0.3 is 0 Å². The van der Waals surface area contributed by atoms with Crippen LogP contribution in [0, 0.1) is 6.92 Å². The van der Waals surface area contributed by atoms with E-state index in [0.717, 1.165) is 47.2 Å². The van der Waals surface area contributed by atoms with Crippen LogP contribution in [0.25, 0.3) is 0 Å². The molecule has 0 radical (unpaired) electrons. The monoisotopic (exact) mass is 514 g/mol. The summed E-state index contributed by atoms with van der Waals surface area (Å²) < 4.78 is 12.2. The molecule has 0 atom stereocenters. The summed E-state index contributed by atoms with van der Waals surface area (Å²) in [6.45, 7) is 8.57. The Morgan fingerprint density at radius 2 is 0.974 bits per heavy atom. The molecule has 0 aliphatic rings. The number of nitrogens with zero attached hydrogens (tertiary/aromatic N) is 2. The number of ether oxygens (including phenoxy) is 2. The summed E-state index contributed by atoms with van der Waals surface area (Å²) in [4.78, 5) is 0. The van der Waals surface area contributed by atoms with Crippen molar-refractivity contribution in [1.29, 1.82) is 0 Å². The lowest BCUT2D eigenvalue weighted by Gasteiger charge is -2.26. The molecular weight excluding hydrogens is 480 g/mol. The molecule has 0 aliphatic heterocycles. The third-order valence-corrected chi connectivity index (χ3v) is 7.12. The number of benzene rings is 4. The molecule has 1 heterocycles. The number of rotatable bonds is 9. The van der Waals surface area contributed by atoms with E-state index < -0.39 is 0 Å². The quantitative estimate of drug-likeness (QED) is 0.197. The second-order valence-corrected chi connectivity index (χ2v) is 10.4. The normalized spacial score (nSPS) is 11.3. The van der Waals surface area contributed by atoms with Gasteiger partial charge in [0.1, 0.15) is 23.0 Å². The Labute approximate surface area is 231 Å². The molecule has 0 bridgehead atoms. The van der Waals surface area contributed by atoms with Gasteiger partial charge in [0, 0.05) is 11.8 Å². The van der Waals surface area contributed by atoms with Crippen LogP contribution < -0.4 is 9.47 Å². The van der Waals surface area contributed by atoms with Crippen LogP contribution in [0.1, 0.15) is 54.4 Å². The van der Waals surface area contributed by atoms with Crippen LogP contribution in [0.4, 0.5) is 0 Å². The highest BCUT2D eigenvalue weighted by atomic mass is 16.5. The Balaban J connectivity index is 1.21. The maximum Gasteiger partial charge on any atom is 0.127 e. The third kappa shape index (κ3) is 6.53. The van der Waals surface area contributed by atoms with Gasteiger partial charge in [0.05, 0.1) is 11.4 Å². The predicted molar refractivity (Wildman–Crippen MR) is 157 cm³/mol. The van der Waals surface area contributed by atoms with Crippen molar-refractivity contribution in [3.05, 3.63) is 143 Å². The van der Waals surface area contributed by atoms with E-state index in [1.54, 1.807) is 0 Å². The van der Waals surface area contributed by atoms with Gasteiger partial charge < -0.3 is 9.47 Å². The average molecular weight is 515 g/mol. The Bertz CT molecular complexity index is 1490. The fourth-order valence-corrected chi connectivity index (χ4v) is 4.52. The van der Waals surface area contributed by atoms with Crippen molar-refractivity contribution in [2.24, 2.45) is 0 Å². The van der Waals surface area contributed by atoms with Crippen LogP contribution in [0.3, 0.4) is 0 Å². The first-order valence-electron chi connectivity index (χ1n) is 13.4. The SMILES string of the molecule is CCc1ccc(Oc2ccc(C(C)(C)c3ccc(Oc4ccc(Cc5ccc(C)nn5)cc4)cc3)cc2)cc1. The van der Waals surface area contributed by atoms with Gasteiger partial charge in [-0.3, -0.25) is 0 Å². The second kappa shape index (κ2) is 11.5. The Kier molecular flexibility index (Phi) is 7.74. The molecule has 0 saturated carbocycles. The van der Waals surface area contributed by atoms with Crippen LogP contribution in [0.5, 0.6) is 23.0 Å². The fraction of sp³-hybridized carbons (Fsp3) is 0.200. The molecule has 1 aromatic heterocycles. The van der Waals surface area contributed by atoms with Crippen LogP contribution in [-0.4, -0.2) is 10.2 Å². The first kappa shape index (κ1) is 26.2. The Hall–Kier alpha value is -4.44. The van der Waals surface area contributed by atoms with Gasteiger partial charge in [-0.15, -0.1) is 0 Å². The molecule has 196 valence electrons. The molecular formula is C35H34N2O2. The van der Waals surface area contributed by atoms with Crippen molar-refractivity contribution in [1.82, 2.24) is 10.2 Å². The van der Waals surface area contributed by atoms with E-state index in [2.05, 4.69) is 79.5 Å². The summed E-state index contributed by atoms with van der Waals surface area (Å²) in [5.41, 5.74) is 6.62. The molecule has 0 unspecified atom stereocenters. The van der Waals surface area contributed by atoms with Crippen molar-refractivity contribution in [3.8, 4) is 23.0 Å². The van der Waals surface area contributed by atoms with Crippen molar-refractivity contribution in [2.75, 3.05) is 0 Å². The van der Waals surface area contributed by atoms with Crippen molar-refractivity contribution in [3.63, 3.8) is 0 Å². The fourth-order valence-electron chi connectivity index (χ4n) is 4.52. The Morgan fingerprint density at radius 1 is 0.538 bits per heavy atom. The van der Waals surface area contributed by atoms with Gasteiger partial charge in [0.15, 0.2) is 0 Å². The van der Waals surface area contributed by atoms with Crippen molar-refractivity contribution in [2.45, 2.75) is 46.0 Å². The first-order valence-corrected chi connectivity index (χ1v) is 13.4. The van der Waals surface area contributed by atoms with E-state index in [1.165, 1.54) is 22.3 Å². The molecule has 0 N–H and O–H groups in total. The minimum Gasteiger partial charge on any atom is -0.457 e. The Morgan fingerprint density at radius 3 is 1.38 bits per heavy atom. The van der Waals surface area contributed by atoms with Gasteiger partial charge in [0.25, 0.3) is 0 Å². The number of aryl methyl sites for hydroxylation is 2. The zero-order valence-electron chi connectivity index (χ0n) is 23.0. The zero-order chi connectivity index (χ0) is 27.2. The predicted octanol–water partition coefficient (Wildman–Crippen LogP) is 8.85. The molecule has 4 aromatic carbocycles. The van der Waals surface area contributed by atoms with Gasteiger partial charge in [-0.1, -0.05) is 69.3 Å². The molecule has 0 spiro atoms. The molecule has 0 amide bonds. The highest BCUT2D eigenvalue weighted by Gasteiger charge is 2.23. The molecule has 0 fully saturated rings. The average Bonchev–Trinajstić information content (AvgIpc) is 2.96. The minimum absolute atomic E-state index is 0.166. The minimum atomic E-state index is -0.166. The van der Waals surface area contributed by atoms with Crippen LogP contribution in [0.15, 0.2) is 109 Å². The number of hydrogen-bond acceptors (Lipinski definition) is 4. The van der Waals surface area contributed by atoms with Gasteiger partial charge in [-0.05, 0) is 96.3 Å². The number of aromatic nitrogens is 2. The summed E-state index contributed by atoms with van der Waals surface area (Å²) in [6.07, 6.45) is 1.77. The molecule has 4 heteroatoms. The number of hydrogen-bond donors (Lipinski definition) is 0. The van der Waals surface area contributed by atoms with Crippen molar-refractivity contribution < 1.29 is 9.47 Å². The summed E-state index contributed by atoms with van der Waals surface area (Å²) in [7, 11) is 0. The van der Waals surface area contributed by atoms with E-state index in [4.69, 9.17) is 9.47 Å². The summed E-state index contributed by atoms with van der Waals surface area (Å²) in [5, 5.41) is 8.39. The molecule has 0 saturated heterocycles. The summed E-state index contributed by atoms with van der Waals surface area (Å²) in [5.74, 6) is 3.30. The van der Waals surface area contributed by atoms with Gasteiger partial charge in [0.2, 0.25) is 0 Å². The summed E-state index contributed by atoms with van der Waals surface area (Å²) in [6, 6.07) is 37.1. The highest BCUT2D eigenvalue weighted by molar-refractivity contribution is 5.44. The zero-order valence-corrected chi connectivity index (χ0v) is 23.0. The largest absolute Gasteiger partial charge is 0.457 e. The first-order chi connectivity index (χ1) is 18.9. The molecule has 4 nitrogen and oxygen atoms in total. The topological polar surface area (TPSA) is 44.2 Å². The van der Waals surface area contributed by atoms with Crippen LogP contribution in [0.2, 0.25) is 0 Å². The van der Waals surface area contributed by atoms with E-state index in [1.807, 2.05) is 67.6 Å². The lowest BCUT2D eigenvalue weighted by atomic mass is 9.78. The lowest BCUT2D eigenvalue weighted by Crippen LogP contribution is -2.18. The maximum atomic E-state index is 6.11. The molecule has 5 rings (SSSR count). The molecule has 0 aliphatic carbocycles. The maximum absolute atomic E-state index is 6.11. The van der Waals surface area contributed by atoms with E-state index in [-0.39, 0.29) is 5.41 Å². The van der Waals surface area contributed by atoms with E-state index in [0.29, 0.717) is 0 Å². The van der Waals surface area contributed by atoms with E-state index in [9.17, 15) is 0 Å². The standard InChI is InChI=1S/C35H34N2O2/c1-5-26-7-16-31(17-8-26)38-33-20-11-28(12-21-33)35(3,4)29-13-22-34(23-14-29)39-32-18-9-27(10-19-32)24-30-15-6-25(2)36-37-30/h6-23H,5,24H2,1-4H3.